The zero-order chi connectivity index (χ0) is 12.0. The molecule has 16 heavy (non-hydrogen) atoms. The Balaban J connectivity index is 2.60. The first-order valence-corrected chi connectivity index (χ1v) is 5.86. The first kappa shape index (κ1) is 12.8. The van der Waals surface area contributed by atoms with Gasteiger partial charge in [0.1, 0.15) is 0 Å². The number of methoxy groups -OCH3 is 1. The highest BCUT2D eigenvalue weighted by Crippen LogP contribution is 2.29. The number of anilines is 1. The molecule has 0 aliphatic heterocycles. The molecule has 1 N–H and O–H groups in total. The van der Waals surface area contributed by atoms with E-state index in [1.165, 1.54) is 0 Å². The highest BCUT2D eigenvalue weighted by molar-refractivity contribution is 7.15. The van der Waals surface area contributed by atoms with Crippen molar-refractivity contribution in [1.29, 1.82) is 0 Å². The van der Waals surface area contributed by atoms with Gasteiger partial charge >= 0.3 is 0 Å². The largest absolute Gasteiger partial charge is 0.480 e. The number of ether oxygens (including phenoxy) is 1. The molecule has 4 nitrogen and oxygen atoms in total. The zero-order valence-electron chi connectivity index (χ0n) is 9.91. The van der Waals surface area contributed by atoms with E-state index in [2.05, 4.69) is 16.2 Å². The Morgan fingerprint density at radius 3 is 2.88 bits per heavy atom. The topological polar surface area (TPSA) is 37.4 Å². The zero-order valence-corrected chi connectivity index (χ0v) is 10.7. The van der Waals surface area contributed by atoms with Crippen molar-refractivity contribution in [3.8, 4) is 18.2 Å². The fourth-order valence-corrected chi connectivity index (χ4v) is 2.07. The van der Waals surface area contributed by atoms with Gasteiger partial charge in [-0.15, -0.1) is 12.3 Å². The number of terminal acetylenes is 1. The van der Waals surface area contributed by atoms with E-state index in [0.29, 0.717) is 5.88 Å². The summed E-state index contributed by atoms with van der Waals surface area (Å²) in [4.78, 5) is 7.44. The molecule has 0 spiro atoms. The van der Waals surface area contributed by atoms with Crippen LogP contribution in [-0.4, -0.2) is 32.7 Å². The van der Waals surface area contributed by atoms with Crippen LogP contribution in [0.2, 0.25) is 0 Å². The Morgan fingerprint density at radius 2 is 2.31 bits per heavy atom. The monoisotopic (exact) mass is 239 g/mol. The number of hydrogen-bond donors (Lipinski definition) is 1. The Labute approximate surface area is 101 Å². The summed E-state index contributed by atoms with van der Waals surface area (Å²) in [6, 6.07) is 0. The second kappa shape index (κ2) is 6.36. The lowest BCUT2D eigenvalue weighted by Crippen LogP contribution is -2.13. The van der Waals surface area contributed by atoms with Gasteiger partial charge in [-0.1, -0.05) is 11.3 Å². The number of nitrogens with zero attached hydrogens (tertiary/aromatic N) is 2. The molecule has 0 amide bonds. The van der Waals surface area contributed by atoms with Crippen LogP contribution in [-0.2, 0) is 6.54 Å². The van der Waals surface area contributed by atoms with E-state index in [9.17, 15) is 0 Å². The molecule has 0 fully saturated rings. The van der Waals surface area contributed by atoms with E-state index in [1.807, 2.05) is 19.0 Å². The maximum Gasteiger partial charge on any atom is 0.230 e. The number of thiazole rings is 1. The average Bonchev–Trinajstić information content (AvgIpc) is 2.68. The standard InChI is InChI=1S/C11H17N3OS/c1-5-6-7-12-8-9-10(15-4)13-11(16-9)14(2)3/h1,12H,6-8H2,2-4H3. The number of aromatic nitrogens is 1. The van der Waals surface area contributed by atoms with Gasteiger partial charge in [-0.05, 0) is 0 Å². The molecule has 1 rings (SSSR count). The first-order valence-electron chi connectivity index (χ1n) is 5.04. The summed E-state index contributed by atoms with van der Waals surface area (Å²) in [7, 11) is 5.57. The van der Waals surface area contributed by atoms with Crippen molar-refractivity contribution in [2.45, 2.75) is 13.0 Å². The quantitative estimate of drug-likeness (QED) is 0.600. The van der Waals surface area contributed by atoms with E-state index in [0.717, 1.165) is 29.5 Å². The lowest BCUT2D eigenvalue weighted by Gasteiger charge is -2.04. The predicted molar refractivity (Wildman–Crippen MR) is 68.1 cm³/mol. The third kappa shape index (κ3) is 3.40. The molecule has 88 valence electrons. The summed E-state index contributed by atoms with van der Waals surface area (Å²) >= 11 is 1.63. The minimum absolute atomic E-state index is 0.696. The van der Waals surface area contributed by atoms with Crippen LogP contribution in [0.5, 0.6) is 5.88 Å². The van der Waals surface area contributed by atoms with Crippen molar-refractivity contribution < 1.29 is 4.74 Å². The minimum Gasteiger partial charge on any atom is -0.480 e. The summed E-state index contributed by atoms with van der Waals surface area (Å²) < 4.78 is 5.23. The Bertz CT molecular complexity index is 368. The third-order valence-electron chi connectivity index (χ3n) is 1.96. The highest BCUT2D eigenvalue weighted by atomic mass is 32.1. The van der Waals surface area contributed by atoms with E-state index < -0.39 is 0 Å². The smallest absolute Gasteiger partial charge is 0.230 e. The van der Waals surface area contributed by atoms with Gasteiger partial charge in [0, 0.05) is 33.6 Å². The van der Waals surface area contributed by atoms with Crippen LogP contribution in [0.1, 0.15) is 11.3 Å². The van der Waals surface area contributed by atoms with Crippen molar-refractivity contribution in [2.75, 3.05) is 32.6 Å². The molecular formula is C11H17N3OS. The van der Waals surface area contributed by atoms with Crippen LogP contribution in [0, 0.1) is 12.3 Å². The molecule has 0 saturated carbocycles. The van der Waals surface area contributed by atoms with Crippen LogP contribution >= 0.6 is 11.3 Å². The number of hydrogen-bond acceptors (Lipinski definition) is 5. The van der Waals surface area contributed by atoms with Crippen molar-refractivity contribution in [3.05, 3.63) is 4.88 Å². The maximum atomic E-state index is 5.23. The maximum absolute atomic E-state index is 5.23. The molecule has 0 radical (unpaired) electrons. The van der Waals surface area contributed by atoms with Crippen LogP contribution in [0.25, 0.3) is 0 Å². The van der Waals surface area contributed by atoms with Gasteiger partial charge in [0.15, 0.2) is 5.13 Å². The SMILES string of the molecule is C#CCCNCc1sc(N(C)C)nc1OC. The molecule has 5 heteroatoms. The fraction of sp³-hybridized carbons (Fsp3) is 0.545. The van der Waals surface area contributed by atoms with E-state index in [1.54, 1.807) is 18.4 Å². The second-order valence-electron chi connectivity index (χ2n) is 3.45. The van der Waals surface area contributed by atoms with Gasteiger partial charge in [0.05, 0.1) is 12.0 Å². The first-order chi connectivity index (χ1) is 7.69. The fourth-order valence-electron chi connectivity index (χ4n) is 1.15. The number of nitrogens with one attached hydrogen (secondary N) is 1. The van der Waals surface area contributed by atoms with Crippen LogP contribution in [0.15, 0.2) is 0 Å². The van der Waals surface area contributed by atoms with Crippen LogP contribution in [0.4, 0.5) is 5.13 Å². The minimum atomic E-state index is 0.696. The molecule has 1 aromatic rings. The molecule has 0 bridgehead atoms. The lowest BCUT2D eigenvalue weighted by molar-refractivity contribution is 0.395. The van der Waals surface area contributed by atoms with Gasteiger partial charge in [0.2, 0.25) is 5.88 Å². The molecular weight excluding hydrogens is 222 g/mol. The lowest BCUT2D eigenvalue weighted by atomic mass is 10.4. The third-order valence-corrected chi connectivity index (χ3v) is 3.16. The predicted octanol–water partition coefficient (Wildman–Crippen LogP) is 1.33. The summed E-state index contributed by atoms with van der Waals surface area (Å²) in [5.41, 5.74) is 0. The van der Waals surface area contributed by atoms with Gasteiger partial charge < -0.3 is 15.0 Å². The summed E-state index contributed by atoms with van der Waals surface area (Å²) in [5.74, 6) is 3.29. The molecule has 0 unspecified atom stereocenters. The van der Waals surface area contributed by atoms with E-state index >= 15 is 0 Å². The summed E-state index contributed by atoms with van der Waals surface area (Å²) in [6.07, 6.45) is 5.91. The summed E-state index contributed by atoms with van der Waals surface area (Å²) in [5, 5.41) is 4.21. The molecule has 0 aliphatic carbocycles. The van der Waals surface area contributed by atoms with Crippen molar-refractivity contribution in [3.63, 3.8) is 0 Å². The molecule has 1 aromatic heterocycles. The van der Waals surface area contributed by atoms with E-state index in [4.69, 9.17) is 11.2 Å². The van der Waals surface area contributed by atoms with Crippen molar-refractivity contribution >= 4 is 16.5 Å². The second-order valence-corrected chi connectivity index (χ2v) is 4.52. The van der Waals surface area contributed by atoms with Crippen LogP contribution in [0.3, 0.4) is 0 Å². The van der Waals surface area contributed by atoms with Gasteiger partial charge in [-0.2, -0.15) is 4.98 Å². The van der Waals surface area contributed by atoms with Crippen molar-refractivity contribution in [2.24, 2.45) is 0 Å². The summed E-state index contributed by atoms with van der Waals surface area (Å²) in [6.45, 7) is 1.56. The van der Waals surface area contributed by atoms with Crippen LogP contribution < -0.4 is 15.0 Å². The van der Waals surface area contributed by atoms with E-state index in [-0.39, 0.29) is 0 Å². The van der Waals surface area contributed by atoms with Crippen molar-refractivity contribution in [1.82, 2.24) is 10.3 Å². The Hall–Kier alpha value is -1.25. The van der Waals surface area contributed by atoms with Gasteiger partial charge in [0.25, 0.3) is 0 Å². The average molecular weight is 239 g/mol. The Kier molecular flexibility index (Phi) is 5.09. The molecule has 0 saturated heterocycles. The molecule has 1 heterocycles. The molecule has 0 aliphatic rings. The molecule has 0 atom stereocenters. The Morgan fingerprint density at radius 1 is 1.56 bits per heavy atom. The van der Waals surface area contributed by atoms with Gasteiger partial charge in [-0.25, -0.2) is 0 Å². The van der Waals surface area contributed by atoms with Gasteiger partial charge in [-0.3, -0.25) is 0 Å². The normalized spacial score (nSPS) is 9.88. The molecule has 0 aromatic carbocycles. The number of rotatable bonds is 6. The highest BCUT2D eigenvalue weighted by Gasteiger charge is 2.12.